The number of hydrogen-bond donors (Lipinski definition) is 2. The monoisotopic (exact) mass is 312 g/mol. The molecule has 2 aromatic rings. The van der Waals surface area contributed by atoms with E-state index in [1.165, 1.54) is 16.9 Å². The van der Waals surface area contributed by atoms with Gasteiger partial charge >= 0.3 is 0 Å². The van der Waals surface area contributed by atoms with Crippen molar-refractivity contribution in [2.45, 2.75) is 6.92 Å². The number of guanidine groups is 1. The van der Waals surface area contributed by atoms with Crippen LogP contribution in [0.1, 0.15) is 5.56 Å². The van der Waals surface area contributed by atoms with E-state index in [2.05, 4.69) is 16.0 Å². The lowest BCUT2D eigenvalue weighted by atomic mass is 10.1. The summed E-state index contributed by atoms with van der Waals surface area (Å²) in [5.74, 6) is 0.0325. The summed E-state index contributed by atoms with van der Waals surface area (Å²) >= 11 is 1.42. The van der Waals surface area contributed by atoms with E-state index in [0.29, 0.717) is 5.13 Å². The van der Waals surface area contributed by atoms with Crippen molar-refractivity contribution < 1.29 is 0 Å². The Morgan fingerprint density at radius 3 is 2.76 bits per heavy atom. The van der Waals surface area contributed by atoms with E-state index < -0.39 is 0 Å². The minimum atomic E-state index is 0. The first-order chi connectivity index (χ1) is 7.65. The number of rotatable bonds is 2. The van der Waals surface area contributed by atoms with Gasteiger partial charge in [0, 0.05) is 10.9 Å². The van der Waals surface area contributed by atoms with E-state index in [9.17, 15) is 0 Å². The predicted octanol–water partition coefficient (Wildman–Crippen LogP) is 2.60. The average Bonchev–Trinajstić information content (AvgIpc) is 2.65. The first kappa shape index (κ1) is 13.7. The third kappa shape index (κ3) is 3.54. The van der Waals surface area contributed by atoms with Gasteiger partial charge in [0.25, 0.3) is 0 Å². The number of aromatic nitrogens is 1. The summed E-state index contributed by atoms with van der Waals surface area (Å²) < 4.78 is 0. The molecular formula is C11H13BrN4S. The second kappa shape index (κ2) is 5.79. The number of hydrogen-bond acceptors (Lipinski definition) is 3. The first-order valence-corrected chi connectivity index (χ1v) is 5.65. The summed E-state index contributed by atoms with van der Waals surface area (Å²) in [6.07, 6.45) is 0. The largest absolute Gasteiger partial charge is 0.370 e. The lowest BCUT2D eigenvalue weighted by molar-refractivity contribution is 1.32. The van der Waals surface area contributed by atoms with Gasteiger partial charge in [-0.2, -0.15) is 4.99 Å². The second-order valence-corrected chi connectivity index (χ2v) is 4.26. The number of benzene rings is 1. The number of nitrogens with zero attached hydrogens (tertiary/aromatic N) is 2. The minimum absolute atomic E-state index is 0. The molecule has 0 aliphatic carbocycles. The molecule has 0 saturated carbocycles. The lowest BCUT2D eigenvalue weighted by Crippen LogP contribution is -2.21. The molecule has 0 aliphatic rings. The molecule has 1 aromatic heterocycles. The van der Waals surface area contributed by atoms with Gasteiger partial charge in [0.1, 0.15) is 0 Å². The first-order valence-electron chi connectivity index (χ1n) is 4.77. The Morgan fingerprint density at radius 2 is 2.12 bits per heavy atom. The van der Waals surface area contributed by atoms with Crippen molar-refractivity contribution in [3.8, 4) is 11.3 Å². The van der Waals surface area contributed by atoms with Crippen LogP contribution in [0.5, 0.6) is 0 Å². The van der Waals surface area contributed by atoms with E-state index in [4.69, 9.17) is 11.5 Å². The second-order valence-electron chi connectivity index (χ2n) is 3.42. The molecule has 0 atom stereocenters. The molecule has 0 unspecified atom stereocenters. The number of aliphatic imine (C=N–C) groups is 1. The van der Waals surface area contributed by atoms with Gasteiger partial charge in [0.2, 0.25) is 5.13 Å². The van der Waals surface area contributed by atoms with Crippen LogP contribution in [0.4, 0.5) is 5.13 Å². The molecule has 0 radical (unpaired) electrons. The van der Waals surface area contributed by atoms with Crippen LogP contribution in [0.2, 0.25) is 0 Å². The Kier molecular flexibility index (Phi) is 4.65. The molecule has 6 heteroatoms. The smallest absolute Gasteiger partial charge is 0.212 e. The number of nitrogens with two attached hydrogens (primary N) is 2. The number of aryl methyl sites for hydroxylation is 1. The molecule has 0 aliphatic heterocycles. The van der Waals surface area contributed by atoms with Crippen molar-refractivity contribution in [1.82, 2.24) is 4.98 Å². The van der Waals surface area contributed by atoms with Gasteiger partial charge in [-0.15, -0.1) is 28.3 Å². The molecule has 4 nitrogen and oxygen atoms in total. The molecule has 0 fully saturated rings. The Balaban J connectivity index is 0.00000144. The van der Waals surface area contributed by atoms with Crippen LogP contribution in [-0.4, -0.2) is 10.9 Å². The summed E-state index contributed by atoms with van der Waals surface area (Å²) in [6.45, 7) is 2.05. The summed E-state index contributed by atoms with van der Waals surface area (Å²) in [4.78, 5) is 8.24. The van der Waals surface area contributed by atoms with Crippen LogP contribution in [0.15, 0.2) is 34.6 Å². The van der Waals surface area contributed by atoms with E-state index in [0.717, 1.165) is 11.3 Å². The van der Waals surface area contributed by atoms with Gasteiger partial charge in [-0.3, -0.25) is 0 Å². The molecule has 1 heterocycles. The summed E-state index contributed by atoms with van der Waals surface area (Å²) in [5.41, 5.74) is 13.8. The highest BCUT2D eigenvalue weighted by atomic mass is 79.9. The molecule has 4 N–H and O–H groups in total. The van der Waals surface area contributed by atoms with E-state index >= 15 is 0 Å². The Morgan fingerprint density at radius 1 is 1.35 bits per heavy atom. The van der Waals surface area contributed by atoms with Gasteiger partial charge in [-0.05, 0) is 13.0 Å². The lowest BCUT2D eigenvalue weighted by Gasteiger charge is -1.97. The average molecular weight is 313 g/mol. The fraction of sp³-hybridized carbons (Fsp3) is 0.0909. The van der Waals surface area contributed by atoms with Crippen molar-refractivity contribution in [2.75, 3.05) is 0 Å². The van der Waals surface area contributed by atoms with Crippen molar-refractivity contribution in [1.29, 1.82) is 0 Å². The Labute approximate surface area is 114 Å². The van der Waals surface area contributed by atoms with Gasteiger partial charge in [0.15, 0.2) is 5.96 Å². The quantitative estimate of drug-likeness (QED) is 0.661. The Bertz CT molecular complexity index is 532. The summed E-state index contributed by atoms with van der Waals surface area (Å²) in [7, 11) is 0. The number of halogens is 1. The van der Waals surface area contributed by atoms with Crippen molar-refractivity contribution in [2.24, 2.45) is 16.5 Å². The Hall–Kier alpha value is -1.40. The fourth-order valence-electron chi connectivity index (χ4n) is 1.36. The highest BCUT2D eigenvalue weighted by Gasteiger charge is 2.03. The predicted molar refractivity (Wildman–Crippen MR) is 78.1 cm³/mol. The normalized spacial score (nSPS) is 9.47. The number of thiazole rings is 1. The summed E-state index contributed by atoms with van der Waals surface area (Å²) in [6, 6.07) is 8.15. The van der Waals surface area contributed by atoms with E-state index in [-0.39, 0.29) is 22.9 Å². The maximum Gasteiger partial charge on any atom is 0.212 e. The van der Waals surface area contributed by atoms with Crippen molar-refractivity contribution >= 4 is 39.4 Å². The van der Waals surface area contributed by atoms with Crippen LogP contribution in [0.25, 0.3) is 11.3 Å². The minimum Gasteiger partial charge on any atom is -0.370 e. The highest BCUT2D eigenvalue weighted by Crippen LogP contribution is 2.26. The van der Waals surface area contributed by atoms with Gasteiger partial charge in [-0.1, -0.05) is 23.8 Å². The van der Waals surface area contributed by atoms with Crippen molar-refractivity contribution in [3.05, 3.63) is 35.2 Å². The van der Waals surface area contributed by atoms with Crippen molar-refractivity contribution in [3.63, 3.8) is 0 Å². The highest BCUT2D eigenvalue weighted by molar-refractivity contribution is 8.93. The fourth-order valence-corrected chi connectivity index (χ4v) is 2.08. The maximum atomic E-state index is 5.29. The molecule has 0 saturated heterocycles. The molecule has 0 bridgehead atoms. The molecule has 1 aromatic carbocycles. The van der Waals surface area contributed by atoms with Crippen LogP contribution in [0.3, 0.4) is 0 Å². The van der Waals surface area contributed by atoms with Crippen LogP contribution in [-0.2, 0) is 0 Å². The zero-order valence-electron chi connectivity index (χ0n) is 9.25. The zero-order chi connectivity index (χ0) is 11.5. The van der Waals surface area contributed by atoms with Crippen LogP contribution < -0.4 is 11.5 Å². The van der Waals surface area contributed by atoms with Gasteiger partial charge in [-0.25, -0.2) is 4.98 Å². The molecule has 90 valence electrons. The van der Waals surface area contributed by atoms with Crippen LogP contribution >= 0.6 is 28.3 Å². The SMILES string of the molecule is Br.Cc1cccc(-c2csc(N=C(N)N)n2)c1. The molecule has 0 spiro atoms. The molecular weight excluding hydrogens is 300 g/mol. The van der Waals surface area contributed by atoms with E-state index in [1.807, 2.05) is 30.5 Å². The molecule has 2 rings (SSSR count). The third-order valence-corrected chi connectivity index (χ3v) is 2.77. The summed E-state index contributed by atoms with van der Waals surface area (Å²) in [5, 5.41) is 2.52. The van der Waals surface area contributed by atoms with Crippen LogP contribution in [0, 0.1) is 6.92 Å². The molecule has 17 heavy (non-hydrogen) atoms. The standard InChI is InChI=1S/C11H12N4S.BrH/c1-7-3-2-4-8(5-7)9-6-16-11(14-9)15-10(12)13;/h2-6H,1H3,(H4,12,13,14,15);1H. The van der Waals surface area contributed by atoms with E-state index in [1.54, 1.807) is 0 Å². The third-order valence-electron chi connectivity index (χ3n) is 2.03. The van der Waals surface area contributed by atoms with Gasteiger partial charge < -0.3 is 11.5 Å². The maximum absolute atomic E-state index is 5.29. The topological polar surface area (TPSA) is 77.3 Å². The zero-order valence-corrected chi connectivity index (χ0v) is 11.8. The van der Waals surface area contributed by atoms with Gasteiger partial charge in [0.05, 0.1) is 5.69 Å². The molecule has 0 amide bonds.